The molecule has 1 unspecified atom stereocenters. The first kappa shape index (κ1) is 12.7. The van der Waals surface area contributed by atoms with Gasteiger partial charge in [-0.25, -0.2) is 4.79 Å². The Bertz CT molecular complexity index is 308. The van der Waals surface area contributed by atoms with Crippen LogP contribution in [0.3, 0.4) is 0 Å². The van der Waals surface area contributed by atoms with Crippen molar-refractivity contribution in [3.05, 3.63) is 35.9 Å². The SMILES string of the molecule is CCCCC(O)C(=O)OCc1ccccc1. The summed E-state index contributed by atoms with van der Waals surface area (Å²) in [5.41, 5.74) is 0.929. The maximum Gasteiger partial charge on any atom is 0.335 e. The first-order chi connectivity index (χ1) is 7.74. The van der Waals surface area contributed by atoms with E-state index in [1.807, 2.05) is 37.3 Å². The monoisotopic (exact) mass is 222 g/mol. The lowest BCUT2D eigenvalue weighted by atomic mass is 10.2. The lowest BCUT2D eigenvalue weighted by molar-refractivity contribution is -0.155. The number of carbonyl (C=O) groups excluding carboxylic acids is 1. The molecule has 0 aliphatic heterocycles. The number of aliphatic hydroxyl groups excluding tert-OH is 1. The first-order valence-electron chi connectivity index (χ1n) is 5.62. The topological polar surface area (TPSA) is 46.5 Å². The standard InChI is InChI=1S/C13H18O3/c1-2-3-9-12(14)13(15)16-10-11-7-5-4-6-8-11/h4-8,12,14H,2-3,9-10H2,1H3. The van der Waals surface area contributed by atoms with E-state index in [0.717, 1.165) is 18.4 Å². The summed E-state index contributed by atoms with van der Waals surface area (Å²) in [5, 5.41) is 9.45. The minimum Gasteiger partial charge on any atom is -0.459 e. The number of ether oxygens (including phenoxy) is 1. The van der Waals surface area contributed by atoms with Crippen LogP contribution in [0, 0.1) is 0 Å². The zero-order valence-corrected chi connectivity index (χ0v) is 9.56. The third-order valence-electron chi connectivity index (χ3n) is 2.33. The highest BCUT2D eigenvalue weighted by Gasteiger charge is 2.15. The summed E-state index contributed by atoms with van der Waals surface area (Å²) in [6.07, 6.45) is 1.29. The van der Waals surface area contributed by atoms with Gasteiger partial charge in [0, 0.05) is 0 Å². The number of esters is 1. The first-order valence-corrected chi connectivity index (χ1v) is 5.62. The molecule has 0 saturated heterocycles. The zero-order chi connectivity index (χ0) is 11.8. The molecule has 0 bridgehead atoms. The number of rotatable bonds is 6. The second kappa shape index (κ2) is 7.01. The predicted molar refractivity (Wildman–Crippen MR) is 61.8 cm³/mol. The molecule has 0 aromatic heterocycles. The Labute approximate surface area is 96.1 Å². The van der Waals surface area contributed by atoms with Crippen LogP contribution in [0.5, 0.6) is 0 Å². The average Bonchev–Trinajstić information content (AvgIpc) is 2.34. The Morgan fingerprint density at radius 3 is 2.69 bits per heavy atom. The summed E-state index contributed by atoms with van der Waals surface area (Å²) in [5.74, 6) is -0.530. The van der Waals surface area contributed by atoms with E-state index in [9.17, 15) is 9.90 Å². The fourth-order valence-corrected chi connectivity index (χ4v) is 1.34. The molecule has 0 fully saturated rings. The summed E-state index contributed by atoms with van der Waals surface area (Å²) < 4.78 is 5.00. The van der Waals surface area contributed by atoms with Crippen LogP contribution in [0.15, 0.2) is 30.3 Å². The maximum absolute atomic E-state index is 11.3. The molecule has 1 rings (SSSR count). The third kappa shape index (κ3) is 4.45. The van der Waals surface area contributed by atoms with Crippen LogP contribution in [0.1, 0.15) is 31.7 Å². The Hall–Kier alpha value is -1.35. The minimum absolute atomic E-state index is 0.225. The predicted octanol–water partition coefficient (Wildman–Crippen LogP) is 2.28. The van der Waals surface area contributed by atoms with Crippen LogP contribution in [0.2, 0.25) is 0 Å². The molecule has 3 heteroatoms. The minimum atomic E-state index is -0.983. The van der Waals surface area contributed by atoms with E-state index >= 15 is 0 Å². The number of hydrogen-bond donors (Lipinski definition) is 1. The van der Waals surface area contributed by atoms with Crippen LogP contribution in [0.25, 0.3) is 0 Å². The highest BCUT2D eigenvalue weighted by atomic mass is 16.5. The highest BCUT2D eigenvalue weighted by Crippen LogP contribution is 2.05. The van der Waals surface area contributed by atoms with Gasteiger partial charge in [-0.1, -0.05) is 50.1 Å². The molecule has 0 amide bonds. The molecular formula is C13H18O3. The van der Waals surface area contributed by atoms with Crippen LogP contribution < -0.4 is 0 Å². The second-order valence-corrected chi connectivity index (χ2v) is 3.75. The number of unbranched alkanes of at least 4 members (excludes halogenated alkanes) is 1. The van der Waals surface area contributed by atoms with Gasteiger partial charge in [-0.15, -0.1) is 0 Å². The Balaban J connectivity index is 2.29. The molecular weight excluding hydrogens is 204 g/mol. The number of benzene rings is 1. The van der Waals surface area contributed by atoms with Gasteiger partial charge in [-0.2, -0.15) is 0 Å². The van der Waals surface area contributed by atoms with Crippen molar-refractivity contribution in [1.29, 1.82) is 0 Å². The summed E-state index contributed by atoms with van der Waals surface area (Å²) in [4.78, 5) is 11.3. The van der Waals surface area contributed by atoms with Crippen molar-refractivity contribution in [1.82, 2.24) is 0 Å². The van der Waals surface area contributed by atoms with E-state index in [1.165, 1.54) is 0 Å². The smallest absolute Gasteiger partial charge is 0.335 e. The molecule has 16 heavy (non-hydrogen) atoms. The molecule has 0 aliphatic rings. The van der Waals surface area contributed by atoms with Gasteiger partial charge in [0.2, 0.25) is 0 Å². The zero-order valence-electron chi connectivity index (χ0n) is 9.56. The molecule has 0 radical (unpaired) electrons. The van der Waals surface area contributed by atoms with Gasteiger partial charge in [-0.3, -0.25) is 0 Å². The molecule has 0 saturated carbocycles. The molecule has 1 aromatic rings. The maximum atomic E-state index is 11.3. The Morgan fingerprint density at radius 1 is 1.38 bits per heavy atom. The van der Waals surface area contributed by atoms with Crippen molar-refractivity contribution < 1.29 is 14.6 Å². The molecule has 1 atom stereocenters. The van der Waals surface area contributed by atoms with Crippen molar-refractivity contribution in [2.75, 3.05) is 0 Å². The number of carbonyl (C=O) groups is 1. The number of aliphatic hydroxyl groups is 1. The van der Waals surface area contributed by atoms with Crippen molar-refractivity contribution >= 4 is 5.97 Å². The number of hydrogen-bond acceptors (Lipinski definition) is 3. The van der Waals surface area contributed by atoms with E-state index in [0.29, 0.717) is 6.42 Å². The quantitative estimate of drug-likeness (QED) is 0.751. The van der Waals surface area contributed by atoms with Gasteiger partial charge in [0.15, 0.2) is 6.10 Å². The highest BCUT2D eigenvalue weighted by molar-refractivity contribution is 5.74. The van der Waals surface area contributed by atoms with Gasteiger partial charge in [0.05, 0.1) is 0 Å². The molecule has 1 aromatic carbocycles. The van der Waals surface area contributed by atoms with Crippen LogP contribution in [0.4, 0.5) is 0 Å². The van der Waals surface area contributed by atoms with Crippen molar-refractivity contribution in [2.45, 2.75) is 38.9 Å². The van der Waals surface area contributed by atoms with Gasteiger partial charge in [-0.05, 0) is 12.0 Å². The van der Waals surface area contributed by atoms with E-state index in [4.69, 9.17) is 4.74 Å². The van der Waals surface area contributed by atoms with Crippen molar-refractivity contribution in [3.63, 3.8) is 0 Å². The lowest BCUT2D eigenvalue weighted by Crippen LogP contribution is -2.22. The van der Waals surface area contributed by atoms with Gasteiger partial charge in [0.25, 0.3) is 0 Å². The van der Waals surface area contributed by atoms with E-state index in [-0.39, 0.29) is 6.61 Å². The molecule has 88 valence electrons. The summed E-state index contributed by atoms with van der Waals surface area (Å²) in [6.45, 7) is 2.24. The average molecular weight is 222 g/mol. The molecule has 0 spiro atoms. The molecule has 3 nitrogen and oxygen atoms in total. The third-order valence-corrected chi connectivity index (χ3v) is 2.33. The van der Waals surface area contributed by atoms with E-state index in [1.54, 1.807) is 0 Å². The second-order valence-electron chi connectivity index (χ2n) is 3.75. The molecule has 1 N–H and O–H groups in total. The summed E-state index contributed by atoms with van der Waals surface area (Å²) in [7, 11) is 0. The van der Waals surface area contributed by atoms with Gasteiger partial charge in [0.1, 0.15) is 6.61 Å². The van der Waals surface area contributed by atoms with Crippen LogP contribution >= 0.6 is 0 Å². The fourth-order valence-electron chi connectivity index (χ4n) is 1.34. The van der Waals surface area contributed by atoms with Crippen LogP contribution in [-0.2, 0) is 16.1 Å². The van der Waals surface area contributed by atoms with Crippen molar-refractivity contribution in [3.8, 4) is 0 Å². The van der Waals surface area contributed by atoms with Gasteiger partial charge >= 0.3 is 5.97 Å². The van der Waals surface area contributed by atoms with E-state index in [2.05, 4.69) is 0 Å². The van der Waals surface area contributed by atoms with E-state index < -0.39 is 12.1 Å². The van der Waals surface area contributed by atoms with Crippen molar-refractivity contribution in [2.24, 2.45) is 0 Å². The Morgan fingerprint density at radius 2 is 2.06 bits per heavy atom. The molecule has 0 heterocycles. The van der Waals surface area contributed by atoms with Crippen LogP contribution in [-0.4, -0.2) is 17.2 Å². The summed E-state index contributed by atoms with van der Waals surface area (Å²) >= 11 is 0. The van der Waals surface area contributed by atoms with Gasteiger partial charge < -0.3 is 9.84 Å². The summed E-state index contributed by atoms with van der Waals surface area (Å²) in [6, 6.07) is 9.44. The molecule has 0 aliphatic carbocycles. The normalized spacial score (nSPS) is 12.1. The lowest BCUT2D eigenvalue weighted by Gasteiger charge is -2.09. The fraction of sp³-hybridized carbons (Fsp3) is 0.462. The largest absolute Gasteiger partial charge is 0.459 e. The Kier molecular flexibility index (Phi) is 5.57.